The van der Waals surface area contributed by atoms with Crippen LogP contribution in [0.2, 0.25) is 0 Å². The van der Waals surface area contributed by atoms with Crippen LogP contribution in [0.1, 0.15) is 33.9 Å². The Morgan fingerprint density at radius 3 is 1.73 bits per heavy atom. The van der Waals surface area contributed by atoms with Gasteiger partial charge in [0.1, 0.15) is 17.5 Å². The zero-order valence-electron chi connectivity index (χ0n) is 17.1. The number of nitrogens with one attached hydrogen (secondary N) is 1. The normalized spacial score (nSPS) is 10.8. The topological polar surface area (TPSA) is 50.7 Å². The van der Waals surface area contributed by atoms with E-state index in [-0.39, 0.29) is 5.82 Å². The lowest BCUT2D eigenvalue weighted by molar-refractivity contribution is 0.628. The molecule has 0 aliphatic heterocycles. The Morgan fingerprint density at radius 2 is 1.23 bits per heavy atom. The zero-order valence-corrected chi connectivity index (χ0v) is 17.1. The van der Waals surface area contributed by atoms with Crippen molar-refractivity contribution in [3.63, 3.8) is 0 Å². The van der Waals surface area contributed by atoms with E-state index < -0.39 is 0 Å². The van der Waals surface area contributed by atoms with Crippen LogP contribution >= 0.6 is 0 Å². The average Bonchev–Trinajstić information content (AvgIpc) is 2.70. The Labute approximate surface area is 175 Å². The van der Waals surface area contributed by atoms with Gasteiger partial charge in [-0.05, 0) is 49.2 Å². The van der Waals surface area contributed by atoms with E-state index in [1.807, 2.05) is 12.1 Å². The first-order valence-electron chi connectivity index (χ1n) is 9.91. The summed E-state index contributed by atoms with van der Waals surface area (Å²) in [7, 11) is 0. The molecule has 150 valence electrons. The number of hydrogen-bond acceptors (Lipinski definition) is 4. The lowest BCUT2D eigenvalue weighted by Crippen LogP contribution is -2.09. The zero-order chi connectivity index (χ0) is 20.9. The van der Waals surface area contributed by atoms with E-state index >= 15 is 0 Å². The van der Waals surface area contributed by atoms with Gasteiger partial charge in [-0.3, -0.25) is 0 Å². The highest BCUT2D eigenvalue weighted by Crippen LogP contribution is 2.17. The third-order valence-electron chi connectivity index (χ3n) is 4.72. The second-order valence-electron chi connectivity index (χ2n) is 7.46. The number of halogens is 1. The molecule has 0 spiro atoms. The maximum atomic E-state index is 13.2. The van der Waals surface area contributed by atoms with Gasteiger partial charge >= 0.3 is 0 Å². The van der Waals surface area contributed by atoms with Crippen molar-refractivity contribution in [1.29, 1.82) is 0 Å². The van der Waals surface area contributed by atoms with Gasteiger partial charge in [0, 0.05) is 18.5 Å². The lowest BCUT2D eigenvalue weighted by Gasteiger charge is -2.10. The third-order valence-corrected chi connectivity index (χ3v) is 4.72. The number of benzene rings is 3. The van der Waals surface area contributed by atoms with Crippen LogP contribution in [-0.2, 0) is 12.8 Å². The molecule has 1 heterocycles. The Hall–Kier alpha value is -3.60. The highest BCUT2D eigenvalue weighted by atomic mass is 19.1. The van der Waals surface area contributed by atoms with Crippen LogP contribution in [0.4, 0.5) is 16.0 Å². The summed E-state index contributed by atoms with van der Waals surface area (Å²) in [4.78, 5) is 13.9. The molecule has 30 heavy (non-hydrogen) atoms. The first-order chi connectivity index (χ1) is 14.5. The Kier molecular flexibility index (Phi) is 5.80. The minimum absolute atomic E-state index is 0.281. The predicted molar refractivity (Wildman–Crippen MR) is 117 cm³/mol. The molecule has 1 aromatic heterocycles. The summed E-state index contributed by atoms with van der Waals surface area (Å²) in [6.45, 7) is 4.14. The molecule has 1 N–H and O–H groups in total. The summed E-state index contributed by atoms with van der Waals surface area (Å²) in [5, 5.41) is 3.18. The van der Waals surface area contributed by atoms with Crippen LogP contribution in [0, 0.1) is 19.7 Å². The van der Waals surface area contributed by atoms with E-state index in [1.165, 1.54) is 23.3 Å². The van der Waals surface area contributed by atoms with Crippen LogP contribution in [0.25, 0.3) is 0 Å². The van der Waals surface area contributed by atoms with Crippen molar-refractivity contribution in [1.82, 2.24) is 15.0 Å². The van der Waals surface area contributed by atoms with Crippen LogP contribution in [0.5, 0.6) is 0 Å². The van der Waals surface area contributed by atoms with Crippen molar-refractivity contribution >= 4 is 11.6 Å². The van der Waals surface area contributed by atoms with Crippen molar-refractivity contribution in [2.24, 2.45) is 0 Å². The van der Waals surface area contributed by atoms with Gasteiger partial charge in [-0.2, -0.15) is 9.97 Å². The number of rotatable bonds is 6. The van der Waals surface area contributed by atoms with Crippen LogP contribution in [-0.4, -0.2) is 15.0 Å². The SMILES string of the molecule is Cc1cccc(Cc2nc(Cc3cccc(C)c3)nc(Nc3ccc(F)cc3)n2)c1. The molecular weight excluding hydrogens is 375 g/mol. The smallest absolute Gasteiger partial charge is 0.230 e. The van der Waals surface area contributed by atoms with Gasteiger partial charge in [0.15, 0.2) is 0 Å². The largest absolute Gasteiger partial charge is 0.324 e. The Balaban J connectivity index is 1.66. The van der Waals surface area contributed by atoms with E-state index in [0.717, 1.165) is 16.8 Å². The molecule has 0 aliphatic rings. The highest BCUT2D eigenvalue weighted by Gasteiger charge is 2.10. The van der Waals surface area contributed by atoms with Gasteiger partial charge in [-0.15, -0.1) is 0 Å². The molecule has 0 unspecified atom stereocenters. The molecule has 0 atom stereocenters. The lowest BCUT2D eigenvalue weighted by atomic mass is 10.1. The van der Waals surface area contributed by atoms with Gasteiger partial charge in [0.2, 0.25) is 5.95 Å². The summed E-state index contributed by atoms with van der Waals surface area (Å²) in [6.07, 6.45) is 1.23. The molecule has 4 rings (SSSR count). The summed E-state index contributed by atoms with van der Waals surface area (Å²) >= 11 is 0. The minimum Gasteiger partial charge on any atom is -0.324 e. The average molecular weight is 398 g/mol. The van der Waals surface area contributed by atoms with Crippen molar-refractivity contribution in [3.8, 4) is 0 Å². The molecule has 0 fully saturated rings. The number of aryl methyl sites for hydroxylation is 2. The quantitative estimate of drug-likeness (QED) is 0.462. The van der Waals surface area contributed by atoms with Crippen LogP contribution in [0.3, 0.4) is 0 Å². The van der Waals surface area contributed by atoms with Gasteiger partial charge in [0.25, 0.3) is 0 Å². The van der Waals surface area contributed by atoms with Crippen molar-refractivity contribution in [2.45, 2.75) is 26.7 Å². The number of nitrogens with zero attached hydrogens (tertiary/aromatic N) is 3. The molecule has 0 saturated carbocycles. The van der Waals surface area contributed by atoms with E-state index in [1.54, 1.807) is 12.1 Å². The molecule has 0 amide bonds. The number of anilines is 2. The van der Waals surface area contributed by atoms with Gasteiger partial charge in [0.05, 0.1) is 0 Å². The molecule has 0 saturated heterocycles. The number of aromatic nitrogens is 3. The van der Waals surface area contributed by atoms with Crippen molar-refractivity contribution in [3.05, 3.63) is 113 Å². The number of hydrogen-bond donors (Lipinski definition) is 1. The second kappa shape index (κ2) is 8.82. The van der Waals surface area contributed by atoms with Crippen molar-refractivity contribution in [2.75, 3.05) is 5.32 Å². The first-order valence-corrected chi connectivity index (χ1v) is 9.91. The van der Waals surface area contributed by atoms with Crippen LogP contribution in [0.15, 0.2) is 72.8 Å². The molecule has 3 aromatic carbocycles. The van der Waals surface area contributed by atoms with Crippen LogP contribution < -0.4 is 5.32 Å². The molecular formula is C25H23FN4. The van der Waals surface area contributed by atoms with E-state index in [0.29, 0.717) is 30.4 Å². The monoisotopic (exact) mass is 398 g/mol. The molecule has 5 heteroatoms. The van der Waals surface area contributed by atoms with Gasteiger partial charge in [-0.25, -0.2) is 9.37 Å². The fourth-order valence-electron chi connectivity index (χ4n) is 3.35. The van der Waals surface area contributed by atoms with E-state index in [4.69, 9.17) is 4.98 Å². The third kappa shape index (κ3) is 5.26. The fraction of sp³-hybridized carbons (Fsp3) is 0.160. The summed E-state index contributed by atoms with van der Waals surface area (Å²) < 4.78 is 13.2. The Bertz CT molecular complexity index is 1090. The predicted octanol–water partition coefficient (Wildman–Crippen LogP) is 5.55. The van der Waals surface area contributed by atoms with Crippen molar-refractivity contribution < 1.29 is 4.39 Å². The summed E-state index contributed by atoms with van der Waals surface area (Å²) in [6, 6.07) is 22.8. The first kappa shape index (κ1) is 19.7. The molecule has 4 nitrogen and oxygen atoms in total. The van der Waals surface area contributed by atoms with E-state index in [2.05, 4.69) is 65.5 Å². The molecule has 0 radical (unpaired) electrons. The molecule has 0 aliphatic carbocycles. The maximum absolute atomic E-state index is 13.2. The second-order valence-corrected chi connectivity index (χ2v) is 7.46. The standard InChI is InChI=1S/C25H23FN4/c1-17-5-3-7-19(13-17)15-23-28-24(16-20-8-4-6-18(2)14-20)30-25(29-23)27-22-11-9-21(26)10-12-22/h3-14H,15-16H2,1-2H3,(H,27,28,29,30). The maximum Gasteiger partial charge on any atom is 0.230 e. The molecule has 4 aromatic rings. The summed E-state index contributed by atoms with van der Waals surface area (Å²) in [5.74, 6) is 1.57. The van der Waals surface area contributed by atoms with E-state index in [9.17, 15) is 4.39 Å². The highest BCUT2D eigenvalue weighted by molar-refractivity contribution is 5.52. The van der Waals surface area contributed by atoms with Gasteiger partial charge in [-0.1, -0.05) is 59.7 Å². The summed E-state index contributed by atoms with van der Waals surface area (Å²) in [5.41, 5.74) is 5.42. The molecule has 0 bridgehead atoms. The Morgan fingerprint density at radius 1 is 0.700 bits per heavy atom. The fourth-order valence-corrected chi connectivity index (χ4v) is 3.35. The van der Waals surface area contributed by atoms with Gasteiger partial charge < -0.3 is 5.32 Å². The minimum atomic E-state index is -0.281.